The normalized spacial score (nSPS) is 13.3. The molecule has 2 rings (SSSR count). The van der Waals surface area contributed by atoms with E-state index in [9.17, 15) is 13.5 Å². The zero-order chi connectivity index (χ0) is 15.6. The van der Waals surface area contributed by atoms with Crippen LogP contribution in [0.5, 0.6) is 0 Å². The van der Waals surface area contributed by atoms with Crippen LogP contribution < -0.4 is 4.72 Å². The summed E-state index contributed by atoms with van der Waals surface area (Å²) >= 11 is 5.83. The molecule has 0 bridgehead atoms. The van der Waals surface area contributed by atoms with Crippen LogP contribution in [0.2, 0.25) is 5.02 Å². The van der Waals surface area contributed by atoms with E-state index in [-0.39, 0.29) is 11.4 Å². The van der Waals surface area contributed by atoms with Gasteiger partial charge in [0, 0.05) is 11.6 Å². The largest absolute Gasteiger partial charge is 0.464 e. The van der Waals surface area contributed by atoms with Crippen LogP contribution in [0, 0.1) is 13.8 Å². The highest BCUT2D eigenvalue weighted by atomic mass is 35.5. The van der Waals surface area contributed by atoms with Crippen LogP contribution in [-0.4, -0.2) is 20.1 Å². The number of sulfonamides is 1. The number of benzene rings is 1. The Bertz CT molecular complexity index is 739. The summed E-state index contributed by atoms with van der Waals surface area (Å²) in [5, 5.41) is 10.3. The molecule has 7 heteroatoms. The first-order valence-corrected chi connectivity index (χ1v) is 8.16. The van der Waals surface area contributed by atoms with Crippen molar-refractivity contribution in [2.45, 2.75) is 24.8 Å². The van der Waals surface area contributed by atoms with Gasteiger partial charge in [-0.25, -0.2) is 13.1 Å². The van der Waals surface area contributed by atoms with Gasteiger partial charge in [-0.15, -0.1) is 0 Å². The van der Waals surface area contributed by atoms with Gasteiger partial charge in [0.15, 0.2) is 0 Å². The number of aliphatic hydroxyl groups is 1. The predicted octanol–water partition coefficient (Wildman–Crippen LogP) is 2.56. The van der Waals surface area contributed by atoms with Gasteiger partial charge in [-0.05, 0) is 43.7 Å². The molecule has 0 fully saturated rings. The van der Waals surface area contributed by atoms with Crippen molar-refractivity contribution in [3.63, 3.8) is 0 Å². The van der Waals surface area contributed by atoms with Gasteiger partial charge in [0.05, 0.1) is 4.90 Å². The van der Waals surface area contributed by atoms with Crippen molar-refractivity contribution in [3.8, 4) is 0 Å². The number of nitrogens with one attached hydrogen (secondary N) is 1. The Hall–Kier alpha value is -1.34. The van der Waals surface area contributed by atoms with E-state index in [4.69, 9.17) is 16.0 Å². The number of aliphatic hydroxyl groups excluding tert-OH is 1. The highest BCUT2D eigenvalue weighted by Gasteiger charge is 2.20. The molecule has 1 aromatic carbocycles. The first kappa shape index (κ1) is 16.0. The summed E-state index contributed by atoms with van der Waals surface area (Å²) in [6.45, 7) is 3.24. The Labute approximate surface area is 128 Å². The summed E-state index contributed by atoms with van der Waals surface area (Å²) in [7, 11) is -3.75. The Morgan fingerprint density at radius 1 is 1.29 bits per heavy atom. The van der Waals surface area contributed by atoms with Crippen LogP contribution >= 0.6 is 11.6 Å². The minimum atomic E-state index is -3.75. The van der Waals surface area contributed by atoms with Crippen molar-refractivity contribution in [2.75, 3.05) is 6.54 Å². The first-order chi connectivity index (χ1) is 9.79. The lowest BCUT2D eigenvalue weighted by molar-refractivity contribution is 0.152. The first-order valence-electron chi connectivity index (χ1n) is 6.30. The number of rotatable bonds is 5. The highest BCUT2D eigenvalue weighted by Crippen LogP contribution is 2.21. The molecule has 0 saturated carbocycles. The third-order valence-corrected chi connectivity index (χ3v) is 4.80. The average molecular weight is 330 g/mol. The van der Waals surface area contributed by atoms with E-state index >= 15 is 0 Å². The summed E-state index contributed by atoms with van der Waals surface area (Å²) in [6.07, 6.45) is -1.05. The number of hydrogen-bond acceptors (Lipinski definition) is 4. The molecule has 0 amide bonds. The fourth-order valence-corrected chi connectivity index (χ4v) is 3.41. The smallest absolute Gasteiger partial charge is 0.240 e. The SMILES string of the molecule is Cc1ccc(C(O)CNS(=O)(=O)c2cc(Cl)ccc2C)o1. The van der Waals surface area contributed by atoms with E-state index in [1.165, 1.54) is 6.07 Å². The summed E-state index contributed by atoms with van der Waals surface area (Å²) in [4.78, 5) is 0.0952. The molecule has 0 spiro atoms. The molecular weight excluding hydrogens is 314 g/mol. The van der Waals surface area contributed by atoms with Gasteiger partial charge in [-0.3, -0.25) is 0 Å². The van der Waals surface area contributed by atoms with E-state index < -0.39 is 16.1 Å². The van der Waals surface area contributed by atoms with Crippen molar-refractivity contribution in [1.82, 2.24) is 4.72 Å². The molecule has 1 atom stereocenters. The fourth-order valence-electron chi connectivity index (χ4n) is 1.86. The third-order valence-electron chi connectivity index (χ3n) is 3.00. The third kappa shape index (κ3) is 3.85. The summed E-state index contributed by atoms with van der Waals surface area (Å²) in [5.74, 6) is 0.968. The molecule has 21 heavy (non-hydrogen) atoms. The van der Waals surface area contributed by atoms with Crippen molar-refractivity contribution in [1.29, 1.82) is 0 Å². The molecule has 2 aromatic rings. The van der Waals surface area contributed by atoms with E-state index in [0.717, 1.165) is 0 Å². The zero-order valence-corrected chi connectivity index (χ0v) is 13.2. The minimum absolute atomic E-state index is 0.0952. The van der Waals surface area contributed by atoms with Gasteiger partial charge in [0.2, 0.25) is 10.0 Å². The van der Waals surface area contributed by atoms with Gasteiger partial charge < -0.3 is 9.52 Å². The monoisotopic (exact) mass is 329 g/mol. The Kier molecular flexibility index (Phi) is 4.73. The lowest BCUT2D eigenvalue weighted by Gasteiger charge is -2.12. The fraction of sp³-hybridized carbons (Fsp3) is 0.286. The van der Waals surface area contributed by atoms with Crippen molar-refractivity contribution in [2.24, 2.45) is 0 Å². The van der Waals surface area contributed by atoms with Crippen molar-refractivity contribution < 1.29 is 17.9 Å². The molecule has 0 aliphatic carbocycles. The lowest BCUT2D eigenvalue weighted by atomic mass is 10.2. The quantitative estimate of drug-likeness (QED) is 0.883. The molecule has 0 saturated heterocycles. The van der Waals surface area contributed by atoms with E-state index in [2.05, 4.69) is 4.72 Å². The molecule has 0 aliphatic heterocycles. The molecule has 2 N–H and O–H groups in total. The van der Waals surface area contributed by atoms with Crippen molar-refractivity contribution in [3.05, 3.63) is 52.4 Å². The molecule has 114 valence electrons. The van der Waals surface area contributed by atoms with Crippen LogP contribution in [0.15, 0.2) is 39.6 Å². The van der Waals surface area contributed by atoms with Gasteiger partial charge in [-0.1, -0.05) is 17.7 Å². The topological polar surface area (TPSA) is 79.5 Å². The second-order valence-electron chi connectivity index (χ2n) is 4.73. The molecule has 1 heterocycles. The Balaban J connectivity index is 2.13. The van der Waals surface area contributed by atoms with Gasteiger partial charge in [-0.2, -0.15) is 0 Å². The Morgan fingerprint density at radius 3 is 2.62 bits per heavy atom. The van der Waals surface area contributed by atoms with Crippen LogP contribution in [0.3, 0.4) is 0 Å². The van der Waals surface area contributed by atoms with Crippen LogP contribution in [0.25, 0.3) is 0 Å². The molecule has 1 aromatic heterocycles. The number of hydrogen-bond donors (Lipinski definition) is 2. The van der Waals surface area contributed by atoms with Crippen LogP contribution in [0.1, 0.15) is 23.2 Å². The highest BCUT2D eigenvalue weighted by molar-refractivity contribution is 7.89. The molecule has 0 radical (unpaired) electrons. The average Bonchev–Trinajstić information content (AvgIpc) is 2.85. The maximum absolute atomic E-state index is 12.2. The van der Waals surface area contributed by atoms with E-state index in [1.54, 1.807) is 38.1 Å². The maximum Gasteiger partial charge on any atom is 0.240 e. The lowest BCUT2D eigenvalue weighted by Crippen LogP contribution is -2.29. The molecular formula is C14H16ClNO4S. The number of aryl methyl sites for hydroxylation is 2. The maximum atomic E-state index is 12.2. The Morgan fingerprint density at radius 2 is 2.00 bits per heavy atom. The van der Waals surface area contributed by atoms with E-state index in [0.29, 0.717) is 22.1 Å². The second kappa shape index (κ2) is 6.19. The van der Waals surface area contributed by atoms with Crippen LogP contribution in [0.4, 0.5) is 0 Å². The summed E-state index contributed by atoms with van der Waals surface area (Å²) in [5.41, 5.74) is 0.579. The minimum Gasteiger partial charge on any atom is -0.464 e. The van der Waals surface area contributed by atoms with E-state index in [1.807, 2.05) is 0 Å². The predicted molar refractivity (Wildman–Crippen MR) is 79.8 cm³/mol. The standard InChI is InChI=1S/C14H16ClNO4S/c1-9-3-5-11(15)7-14(9)21(18,19)16-8-12(17)13-6-4-10(2)20-13/h3-7,12,16-17H,8H2,1-2H3. The van der Waals surface area contributed by atoms with Gasteiger partial charge in [0.1, 0.15) is 17.6 Å². The van der Waals surface area contributed by atoms with Crippen molar-refractivity contribution >= 4 is 21.6 Å². The van der Waals surface area contributed by atoms with Crippen LogP contribution in [-0.2, 0) is 10.0 Å². The number of furan rings is 1. The molecule has 0 aliphatic rings. The number of halogens is 1. The zero-order valence-electron chi connectivity index (χ0n) is 11.6. The summed E-state index contributed by atoms with van der Waals surface area (Å²) < 4.78 is 32.1. The van der Waals surface area contributed by atoms with Gasteiger partial charge in [0.25, 0.3) is 0 Å². The second-order valence-corrected chi connectivity index (χ2v) is 6.90. The van der Waals surface area contributed by atoms with Gasteiger partial charge >= 0.3 is 0 Å². The molecule has 5 nitrogen and oxygen atoms in total. The molecule has 1 unspecified atom stereocenters. The summed E-state index contributed by atoms with van der Waals surface area (Å²) in [6, 6.07) is 7.94.